The van der Waals surface area contributed by atoms with E-state index < -0.39 is 11.7 Å². The van der Waals surface area contributed by atoms with E-state index in [-0.39, 0.29) is 23.6 Å². The molecule has 1 spiro atoms. The van der Waals surface area contributed by atoms with Crippen LogP contribution >= 0.6 is 0 Å². The zero-order chi connectivity index (χ0) is 26.2. The van der Waals surface area contributed by atoms with Crippen molar-refractivity contribution in [3.63, 3.8) is 0 Å². The second-order valence-corrected chi connectivity index (χ2v) is 15.7. The standard InChI is InChI=1S/C32H51NO4/c1-19(2)22-10-14-28(4)21-9-16-31-13-7-8-24(31)32(28,26(22)33(31)18-21)17-11-23-29(5)15-12-25(36-20(3)34)30(23,6)27(35)37-29/h19,21-27,35H,7-18H2,1-6H3/t21?,22?,23?,24-,25?,26?,27?,28?,29?,30?,31-,32?/m1/s1. The molecule has 208 valence electrons. The number of esters is 1. The van der Waals surface area contributed by atoms with Gasteiger partial charge >= 0.3 is 5.97 Å². The van der Waals surface area contributed by atoms with Gasteiger partial charge in [0, 0.05) is 31.0 Å². The molecule has 5 heteroatoms. The SMILES string of the molecule is CC(=O)OC1CCC2(C)OC(O)C1(C)C2CCC12C3C(C(C)C)CCC1(C)C1CC[C@@]4(CCC[C@@H]24)N3C1. The van der Waals surface area contributed by atoms with Crippen molar-refractivity contribution in [2.45, 2.75) is 142 Å². The lowest BCUT2D eigenvalue weighted by atomic mass is 9.41. The highest BCUT2D eigenvalue weighted by Gasteiger charge is 2.80. The Morgan fingerprint density at radius 2 is 1.86 bits per heavy atom. The van der Waals surface area contributed by atoms with Crippen LogP contribution in [0.5, 0.6) is 0 Å². The van der Waals surface area contributed by atoms with Gasteiger partial charge in [-0.15, -0.1) is 0 Å². The average Bonchev–Trinajstić information content (AvgIpc) is 3.35. The fourth-order valence-electron chi connectivity index (χ4n) is 13.0. The molecule has 4 saturated heterocycles. The van der Waals surface area contributed by atoms with Crippen LogP contribution in [0.2, 0.25) is 0 Å². The maximum atomic E-state index is 12.1. The van der Waals surface area contributed by atoms with Gasteiger partial charge in [0.1, 0.15) is 6.10 Å². The van der Waals surface area contributed by atoms with Crippen molar-refractivity contribution in [1.29, 1.82) is 0 Å². The maximum Gasteiger partial charge on any atom is 0.302 e. The lowest BCUT2D eigenvalue weighted by Crippen LogP contribution is -2.68. The highest BCUT2D eigenvalue weighted by atomic mass is 16.6. The van der Waals surface area contributed by atoms with Crippen LogP contribution in [-0.4, -0.2) is 52.1 Å². The van der Waals surface area contributed by atoms with E-state index in [9.17, 15) is 9.90 Å². The molecule has 4 heterocycles. The summed E-state index contributed by atoms with van der Waals surface area (Å²) in [5.41, 5.74) is 0.348. The van der Waals surface area contributed by atoms with E-state index in [4.69, 9.17) is 9.47 Å². The van der Waals surface area contributed by atoms with E-state index in [1.807, 2.05) is 0 Å². The van der Waals surface area contributed by atoms with Gasteiger partial charge in [-0.1, -0.05) is 34.1 Å². The number of carbonyl (C=O) groups excluding carboxylic acids is 1. The number of aliphatic hydroxyl groups is 1. The number of fused-ring (bicyclic) bond motifs is 4. The maximum absolute atomic E-state index is 12.1. The molecule has 4 aliphatic heterocycles. The summed E-state index contributed by atoms with van der Waals surface area (Å²) < 4.78 is 12.3. The van der Waals surface area contributed by atoms with Gasteiger partial charge in [0.15, 0.2) is 6.29 Å². The van der Waals surface area contributed by atoms with Crippen LogP contribution in [0.25, 0.3) is 0 Å². The molecule has 0 amide bonds. The summed E-state index contributed by atoms with van der Waals surface area (Å²) in [5.74, 6) is 3.13. The molecule has 7 rings (SSSR count). The second-order valence-electron chi connectivity index (χ2n) is 15.7. The van der Waals surface area contributed by atoms with Gasteiger partial charge in [-0.05, 0) is 106 Å². The number of hydrogen-bond donors (Lipinski definition) is 1. The molecule has 0 aromatic carbocycles. The van der Waals surface area contributed by atoms with Crippen LogP contribution in [0.3, 0.4) is 0 Å². The fraction of sp³-hybridized carbons (Fsp3) is 0.969. The molecule has 13 atom stereocenters. The smallest absolute Gasteiger partial charge is 0.302 e. The molecule has 7 fully saturated rings. The Balaban J connectivity index is 1.30. The van der Waals surface area contributed by atoms with E-state index >= 15 is 0 Å². The van der Waals surface area contributed by atoms with E-state index in [1.54, 1.807) is 0 Å². The lowest BCUT2D eigenvalue weighted by Gasteiger charge is -2.67. The van der Waals surface area contributed by atoms with Gasteiger partial charge in [0.05, 0.1) is 11.0 Å². The Kier molecular flexibility index (Phi) is 5.31. The third kappa shape index (κ3) is 2.81. The Labute approximate surface area is 224 Å². The van der Waals surface area contributed by atoms with Crippen molar-refractivity contribution in [3.05, 3.63) is 0 Å². The van der Waals surface area contributed by atoms with Crippen LogP contribution in [-0.2, 0) is 14.3 Å². The van der Waals surface area contributed by atoms with Crippen molar-refractivity contribution in [2.24, 2.45) is 45.8 Å². The van der Waals surface area contributed by atoms with E-state index in [0.29, 0.717) is 22.4 Å². The molecule has 7 aliphatic rings. The molecule has 37 heavy (non-hydrogen) atoms. The van der Waals surface area contributed by atoms with Crippen LogP contribution in [0.15, 0.2) is 0 Å². The monoisotopic (exact) mass is 513 g/mol. The Bertz CT molecular complexity index is 984. The molecule has 5 nitrogen and oxygen atoms in total. The van der Waals surface area contributed by atoms with E-state index in [0.717, 1.165) is 42.9 Å². The summed E-state index contributed by atoms with van der Waals surface area (Å²) in [6, 6.07) is 0.713. The highest BCUT2D eigenvalue weighted by molar-refractivity contribution is 5.66. The number of aliphatic hydroxyl groups excluding tert-OH is 1. The topological polar surface area (TPSA) is 59.0 Å². The molecule has 3 saturated carbocycles. The summed E-state index contributed by atoms with van der Waals surface area (Å²) >= 11 is 0. The van der Waals surface area contributed by atoms with Crippen molar-refractivity contribution in [1.82, 2.24) is 4.90 Å². The summed E-state index contributed by atoms with van der Waals surface area (Å²) in [7, 11) is 0. The molecule has 0 radical (unpaired) electrons. The zero-order valence-electron chi connectivity index (χ0n) is 24.2. The molecule has 0 aromatic heterocycles. The first kappa shape index (κ1) is 25.3. The van der Waals surface area contributed by atoms with E-state index in [1.165, 1.54) is 64.8 Å². The molecule has 3 aliphatic carbocycles. The quantitative estimate of drug-likeness (QED) is 0.462. The third-order valence-corrected chi connectivity index (χ3v) is 14.5. The first-order valence-electron chi connectivity index (χ1n) is 15.7. The summed E-state index contributed by atoms with van der Waals surface area (Å²) in [6.45, 7) is 14.9. The van der Waals surface area contributed by atoms with Gasteiger partial charge in [-0.3, -0.25) is 9.69 Å². The van der Waals surface area contributed by atoms with Crippen molar-refractivity contribution in [2.75, 3.05) is 6.54 Å². The molecule has 11 unspecified atom stereocenters. The minimum atomic E-state index is -0.870. The number of piperidine rings is 2. The predicted molar refractivity (Wildman–Crippen MR) is 143 cm³/mol. The third-order valence-electron chi connectivity index (χ3n) is 14.5. The Hall–Kier alpha value is -0.650. The number of nitrogens with zero attached hydrogens (tertiary/aromatic N) is 1. The molecule has 0 aromatic rings. The normalized spacial score (nSPS) is 59.1. The van der Waals surface area contributed by atoms with Crippen LogP contribution < -0.4 is 0 Å². The molecule has 7 bridgehead atoms. The summed E-state index contributed by atoms with van der Waals surface area (Å²) in [6.07, 6.45) is 12.7. The van der Waals surface area contributed by atoms with Crippen LogP contribution in [0.1, 0.15) is 112 Å². The van der Waals surface area contributed by atoms with Crippen LogP contribution in [0.4, 0.5) is 0 Å². The number of hydrogen-bond acceptors (Lipinski definition) is 5. The predicted octanol–water partition coefficient (Wildman–Crippen LogP) is 5.93. The minimum Gasteiger partial charge on any atom is -0.462 e. The van der Waals surface area contributed by atoms with E-state index in [2.05, 4.69) is 39.5 Å². The molecule has 1 N–H and O–H groups in total. The number of rotatable bonds is 5. The number of carbonyl (C=O) groups is 1. The Morgan fingerprint density at radius 1 is 1.08 bits per heavy atom. The Morgan fingerprint density at radius 3 is 2.59 bits per heavy atom. The van der Waals surface area contributed by atoms with Gasteiger partial charge in [-0.2, -0.15) is 0 Å². The van der Waals surface area contributed by atoms with Gasteiger partial charge in [0.25, 0.3) is 0 Å². The first-order chi connectivity index (χ1) is 17.4. The van der Waals surface area contributed by atoms with Crippen molar-refractivity contribution >= 4 is 5.97 Å². The van der Waals surface area contributed by atoms with Crippen molar-refractivity contribution < 1.29 is 19.4 Å². The zero-order valence-corrected chi connectivity index (χ0v) is 24.2. The van der Waals surface area contributed by atoms with Crippen LogP contribution in [0, 0.1) is 45.8 Å². The first-order valence-corrected chi connectivity index (χ1v) is 15.7. The average molecular weight is 514 g/mol. The molecular weight excluding hydrogens is 462 g/mol. The largest absolute Gasteiger partial charge is 0.462 e. The summed E-state index contributed by atoms with van der Waals surface area (Å²) in [5, 5.41) is 11.3. The van der Waals surface area contributed by atoms with Gasteiger partial charge in [-0.25, -0.2) is 0 Å². The lowest BCUT2D eigenvalue weighted by molar-refractivity contribution is -0.188. The fourth-order valence-corrected chi connectivity index (χ4v) is 13.0. The van der Waals surface area contributed by atoms with Crippen molar-refractivity contribution in [3.8, 4) is 0 Å². The minimum absolute atomic E-state index is 0.204. The summed E-state index contributed by atoms with van der Waals surface area (Å²) in [4.78, 5) is 15.2. The number of ether oxygens (including phenoxy) is 2. The van der Waals surface area contributed by atoms with Gasteiger partial charge in [0.2, 0.25) is 0 Å². The van der Waals surface area contributed by atoms with Gasteiger partial charge < -0.3 is 14.6 Å². The molecular formula is C32H51NO4. The highest BCUT2D eigenvalue weighted by Crippen LogP contribution is 2.79. The second kappa shape index (κ2) is 7.75.